The number of aryl methyl sites for hydroxylation is 1. The molecule has 0 radical (unpaired) electrons. The molecule has 4 heteroatoms. The number of rotatable bonds is 7. The monoisotopic (exact) mass is 321 g/mol. The first kappa shape index (κ1) is 14.3. The zero-order chi connectivity index (χ0) is 13.8. The van der Waals surface area contributed by atoms with Gasteiger partial charge in [-0.15, -0.1) is 34.0 Å². The van der Waals surface area contributed by atoms with Crippen LogP contribution in [-0.2, 0) is 6.42 Å². The van der Waals surface area contributed by atoms with E-state index in [1.807, 2.05) is 34.0 Å². The Morgan fingerprint density at radius 2 is 2.10 bits per heavy atom. The number of hydrogen-bond acceptors (Lipinski definition) is 4. The topological polar surface area (TPSA) is 12.0 Å². The van der Waals surface area contributed by atoms with Gasteiger partial charge in [0, 0.05) is 25.2 Å². The van der Waals surface area contributed by atoms with Crippen LogP contribution in [0.1, 0.15) is 35.6 Å². The second-order valence-electron chi connectivity index (χ2n) is 4.92. The van der Waals surface area contributed by atoms with E-state index < -0.39 is 0 Å². The highest BCUT2D eigenvalue weighted by Gasteiger charge is 2.14. The molecule has 0 aliphatic rings. The second kappa shape index (κ2) is 6.85. The van der Waals surface area contributed by atoms with Crippen molar-refractivity contribution in [1.82, 2.24) is 5.32 Å². The van der Waals surface area contributed by atoms with Crippen molar-refractivity contribution in [2.45, 2.75) is 32.2 Å². The van der Waals surface area contributed by atoms with Crippen molar-refractivity contribution in [2.24, 2.45) is 0 Å². The van der Waals surface area contributed by atoms with Crippen LogP contribution in [0.4, 0.5) is 0 Å². The third-order valence-corrected chi connectivity index (χ3v) is 6.55. The molecule has 0 spiro atoms. The summed E-state index contributed by atoms with van der Waals surface area (Å²) in [4.78, 5) is 2.99. The van der Waals surface area contributed by atoms with Crippen molar-refractivity contribution in [3.05, 3.63) is 44.8 Å². The van der Waals surface area contributed by atoms with Gasteiger partial charge >= 0.3 is 0 Å². The SMILES string of the molecule is CCCNC(CCc1cccs1)c1cc2sccc2s1. The van der Waals surface area contributed by atoms with E-state index in [1.54, 1.807) is 0 Å². The quantitative estimate of drug-likeness (QED) is 0.589. The van der Waals surface area contributed by atoms with E-state index in [-0.39, 0.29) is 0 Å². The molecule has 0 saturated heterocycles. The molecule has 0 aliphatic heterocycles. The van der Waals surface area contributed by atoms with Crippen LogP contribution >= 0.6 is 34.0 Å². The minimum absolute atomic E-state index is 0.502. The predicted molar refractivity (Wildman–Crippen MR) is 93.4 cm³/mol. The molecule has 3 heterocycles. The van der Waals surface area contributed by atoms with Gasteiger partial charge in [-0.25, -0.2) is 0 Å². The van der Waals surface area contributed by atoms with E-state index in [4.69, 9.17) is 0 Å². The fourth-order valence-electron chi connectivity index (χ4n) is 2.36. The Kier molecular flexibility index (Phi) is 4.89. The molecule has 1 N–H and O–H groups in total. The molecule has 0 aromatic carbocycles. The molecule has 3 aromatic heterocycles. The number of hydrogen-bond donors (Lipinski definition) is 1. The van der Waals surface area contributed by atoms with E-state index in [2.05, 4.69) is 47.3 Å². The lowest BCUT2D eigenvalue weighted by molar-refractivity contribution is 0.508. The van der Waals surface area contributed by atoms with E-state index in [0.29, 0.717) is 6.04 Å². The number of nitrogens with one attached hydrogen (secondary N) is 1. The standard InChI is InChI=1S/C16H19NS3/c1-2-8-17-13(6-5-12-4-3-9-18-12)15-11-16-14(20-15)7-10-19-16/h3-4,7,9-11,13,17H,2,5-6,8H2,1H3. The Labute approximate surface area is 132 Å². The van der Waals surface area contributed by atoms with E-state index >= 15 is 0 Å². The van der Waals surface area contributed by atoms with Gasteiger partial charge in [0.05, 0.1) is 0 Å². The van der Waals surface area contributed by atoms with Crippen LogP contribution in [0.25, 0.3) is 9.40 Å². The highest BCUT2D eigenvalue weighted by Crippen LogP contribution is 2.35. The lowest BCUT2D eigenvalue weighted by atomic mass is 10.1. The summed E-state index contributed by atoms with van der Waals surface area (Å²) in [5, 5.41) is 8.08. The smallest absolute Gasteiger partial charge is 0.0454 e. The summed E-state index contributed by atoms with van der Waals surface area (Å²) in [5.74, 6) is 0. The largest absolute Gasteiger partial charge is 0.309 e. The van der Waals surface area contributed by atoms with Gasteiger partial charge in [0.2, 0.25) is 0 Å². The fourth-order valence-corrected chi connectivity index (χ4v) is 5.32. The van der Waals surface area contributed by atoms with Gasteiger partial charge in [0.1, 0.15) is 0 Å². The molecule has 3 rings (SSSR count). The molecule has 0 bridgehead atoms. The molecule has 0 fully saturated rings. The molecule has 106 valence electrons. The number of thiophene rings is 3. The molecular formula is C16H19NS3. The van der Waals surface area contributed by atoms with E-state index in [9.17, 15) is 0 Å². The van der Waals surface area contributed by atoms with Crippen LogP contribution in [0, 0.1) is 0 Å². The minimum atomic E-state index is 0.502. The first-order valence-corrected chi connectivity index (χ1v) is 9.67. The van der Waals surface area contributed by atoms with Crippen molar-refractivity contribution in [2.75, 3.05) is 6.54 Å². The Hall–Kier alpha value is -0.680. The Bertz CT molecular complexity index is 607. The molecule has 0 saturated carbocycles. The Morgan fingerprint density at radius 1 is 1.15 bits per heavy atom. The highest BCUT2D eigenvalue weighted by molar-refractivity contribution is 7.26. The minimum Gasteiger partial charge on any atom is -0.309 e. The molecule has 0 aliphatic carbocycles. The van der Waals surface area contributed by atoms with Gasteiger partial charge in [-0.05, 0) is 54.8 Å². The lowest BCUT2D eigenvalue weighted by Gasteiger charge is -2.16. The third-order valence-electron chi connectivity index (χ3n) is 3.40. The van der Waals surface area contributed by atoms with Crippen LogP contribution in [0.15, 0.2) is 35.0 Å². The molecule has 1 nitrogen and oxygen atoms in total. The van der Waals surface area contributed by atoms with Crippen molar-refractivity contribution in [1.29, 1.82) is 0 Å². The zero-order valence-corrected chi connectivity index (χ0v) is 14.0. The van der Waals surface area contributed by atoms with E-state index in [0.717, 1.165) is 6.54 Å². The Morgan fingerprint density at radius 3 is 2.85 bits per heavy atom. The summed E-state index contributed by atoms with van der Waals surface area (Å²) >= 11 is 5.67. The van der Waals surface area contributed by atoms with Gasteiger partial charge in [-0.1, -0.05) is 13.0 Å². The average Bonchev–Trinajstić information content (AvgIpc) is 3.15. The van der Waals surface area contributed by atoms with Gasteiger partial charge in [-0.3, -0.25) is 0 Å². The maximum absolute atomic E-state index is 3.72. The average molecular weight is 322 g/mol. The second-order valence-corrected chi connectivity index (χ2v) is 8.02. The lowest BCUT2D eigenvalue weighted by Crippen LogP contribution is -2.21. The van der Waals surface area contributed by atoms with E-state index in [1.165, 1.54) is 38.4 Å². The third kappa shape index (κ3) is 3.31. The maximum atomic E-state index is 3.72. The van der Waals surface area contributed by atoms with Gasteiger partial charge in [0.15, 0.2) is 0 Å². The van der Waals surface area contributed by atoms with Gasteiger partial charge in [0.25, 0.3) is 0 Å². The van der Waals surface area contributed by atoms with Gasteiger partial charge < -0.3 is 5.32 Å². The highest BCUT2D eigenvalue weighted by atomic mass is 32.1. The molecular weight excluding hydrogens is 302 g/mol. The van der Waals surface area contributed by atoms with Crippen molar-refractivity contribution in [3.8, 4) is 0 Å². The Balaban J connectivity index is 1.72. The van der Waals surface area contributed by atoms with Crippen LogP contribution < -0.4 is 5.32 Å². The zero-order valence-electron chi connectivity index (χ0n) is 11.6. The molecule has 20 heavy (non-hydrogen) atoms. The molecule has 1 atom stereocenters. The van der Waals surface area contributed by atoms with Crippen molar-refractivity contribution in [3.63, 3.8) is 0 Å². The maximum Gasteiger partial charge on any atom is 0.0454 e. The summed E-state index contributed by atoms with van der Waals surface area (Å²) in [6.07, 6.45) is 3.55. The van der Waals surface area contributed by atoms with Crippen LogP contribution in [0.2, 0.25) is 0 Å². The molecule has 1 unspecified atom stereocenters. The summed E-state index contributed by atoms with van der Waals surface area (Å²) in [7, 11) is 0. The number of fused-ring (bicyclic) bond motifs is 1. The summed E-state index contributed by atoms with van der Waals surface area (Å²) in [6, 6.07) is 9.52. The van der Waals surface area contributed by atoms with Crippen LogP contribution in [0.3, 0.4) is 0 Å². The molecule has 0 amide bonds. The predicted octanol–water partition coefficient (Wildman–Crippen LogP) is 5.70. The van der Waals surface area contributed by atoms with Crippen LogP contribution in [0.5, 0.6) is 0 Å². The summed E-state index contributed by atoms with van der Waals surface area (Å²) in [6.45, 7) is 3.33. The van der Waals surface area contributed by atoms with Crippen molar-refractivity contribution >= 4 is 43.4 Å². The fraction of sp³-hybridized carbons (Fsp3) is 0.375. The van der Waals surface area contributed by atoms with Crippen LogP contribution in [-0.4, -0.2) is 6.54 Å². The molecule has 3 aromatic rings. The summed E-state index contributed by atoms with van der Waals surface area (Å²) in [5.41, 5.74) is 0. The van der Waals surface area contributed by atoms with Crippen molar-refractivity contribution < 1.29 is 0 Å². The summed E-state index contributed by atoms with van der Waals surface area (Å²) < 4.78 is 2.87. The normalized spacial score (nSPS) is 13.1. The first-order chi connectivity index (χ1) is 9.86. The first-order valence-electron chi connectivity index (χ1n) is 7.09. The van der Waals surface area contributed by atoms with Gasteiger partial charge in [-0.2, -0.15) is 0 Å².